The number of ether oxygens (including phenoxy) is 1. The number of carbonyl (C=O) groups excluding carboxylic acids is 1. The Morgan fingerprint density at radius 3 is 2.48 bits per heavy atom. The molecule has 0 atom stereocenters. The molecule has 3 aromatic rings. The molecule has 0 radical (unpaired) electrons. The van der Waals surface area contributed by atoms with Crippen molar-refractivity contribution in [1.82, 2.24) is 4.98 Å². The molecule has 2 aromatic carbocycles. The summed E-state index contributed by atoms with van der Waals surface area (Å²) in [6.07, 6.45) is -0.112. The van der Waals surface area contributed by atoms with E-state index in [9.17, 15) is 14.7 Å². The number of esters is 1. The van der Waals surface area contributed by atoms with Gasteiger partial charge in [-0.3, -0.25) is 4.79 Å². The van der Waals surface area contributed by atoms with E-state index < -0.39 is 11.9 Å². The summed E-state index contributed by atoms with van der Waals surface area (Å²) >= 11 is 6.00. The molecular weight excluding hydrogens is 366 g/mol. The maximum Gasteiger partial charge on any atom is 0.356 e. The first-order valence-electron chi connectivity index (χ1n) is 8.48. The molecule has 0 aliphatic rings. The number of carboxylic acid groups (broad SMARTS) is 1. The van der Waals surface area contributed by atoms with Crippen molar-refractivity contribution in [3.8, 4) is 11.1 Å². The number of aryl methyl sites for hydroxylation is 1. The Balaban J connectivity index is 2.28. The fourth-order valence-electron chi connectivity index (χ4n) is 3.09. The Labute approximate surface area is 161 Å². The van der Waals surface area contributed by atoms with Crippen molar-refractivity contribution in [3.05, 3.63) is 64.3 Å². The molecule has 0 bridgehead atoms. The van der Waals surface area contributed by atoms with Crippen molar-refractivity contribution < 1.29 is 19.4 Å². The lowest BCUT2D eigenvalue weighted by molar-refractivity contribution is -0.136. The average molecular weight is 384 g/mol. The molecule has 5 nitrogen and oxygen atoms in total. The maximum absolute atomic E-state index is 12.0. The summed E-state index contributed by atoms with van der Waals surface area (Å²) in [5.41, 5.74) is 3.96. The Morgan fingerprint density at radius 2 is 1.85 bits per heavy atom. The van der Waals surface area contributed by atoms with Crippen LogP contribution in [0.3, 0.4) is 0 Å². The van der Waals surface area contributed by atoms with E-state index in [0.717, 1.165) is 22.1 Å². The maximum atomic E-state index is 12.0. The standard InChI is InChI=1S/C21H18ClNO4/c1-3-27-21(26)17-9-8-15-18(23-17)10-12(2)16(11-19(24)25)20(15)13-4-6-14(22)7-5-13/h4-10H,3,11H2,1-2H3,(H,24,25). The number of aliphatic carboxylic acids is 1. The summed E-state index contributed by atoms with van der Waals surface area (Å²) in [7, 11) is 0. The number of fused-ring (bicyclic) bond motifs is 1. The van der Waals surface area contributed by atoms with Crippen LogP contribution in [0.5, 0.6) is 0 Å². The van der Waals surface area contributed by atoms with Crippen LogP contribution in [0.1, 0.15) is 28.5 Å². The molecule has 0 saturated heterocycles. The van der Waals surface area contributed by atoms with Gasteiger partial charge in [-0.1, -0.05) is 23.7 Å². The van der Waals surface area contributed by atoms with Gasteiger partial charge in [0.25, 0.3) is 0 Å². The fourth-order valence-corrected chi connectivity index (χ4v) is 3.22. The predicted octanol–water partition coefficient (Wildman–Crippen LogP) is 4.67. The summed E-state index contributed by atoms with van der Waals surface area (Å²) in [6.45, 7) is 3.85. The van der Waals surface area contributed by atoms with E-state index in [4.69, 9.17) is 16.3 Å². The minimum atomic E-state index is -0.913. The number of hydrogen-bond donors (Lipinski definition) is 1. The fraction of sp³-hybridized carbons (Fsp3) is 0.190. The molecule has 0 aliphatic heterocycles. The van der Waals surface area contributed by atoms with Gasteiger partial charge in [0.15, 0.2) is 0 Å². The van der Waals surface area contributed by atoms with Gasteiger partial charge < -0.3 is 9.84 Å². The van der Waals surface area contributed by atoms with Gasteiger partial charge in [0.05, 0.1) is 18.5 Å². The first kappa shape index (κ1) is 18.9. The van der Waals surface area contributed by atoms with E-state index in [1.165, 1.54) is 0 Å². The van der Waals surface area contributed by atoms with E-state index in [1.807, 2.05) is 19.1 Å². The average Bonchev–Trinajstić information content (AvgIpc) is 2.63. The molecule has 1 N–H and O–H groups in total. The molecule has 138 valence electrons. The molecule has 0 amide bonds. The third kappa shape index (κ3) is 3.93. The van der Waals surface area contributed by atoms with Crippen LogP contribution in [0.2, 0.25) is 5.02 Å². The minimum absolute atomic E-state index is 0.112. The number of benzene rings is 2. The van der Waals surface area contributed by atoms with Crippen molar-refractivity contribution >= 4 is 34.4 Å². The summed E-state index contributed by atoms with van der Waals surface area (Å²) in [5.74, 6) is -1.40. The monoisotopic (exact) mass is 383 g/mol. The zero-order valence-electron chi connectivity index (χ0n) is 15.0. The molecule has 1 heterocycles. The third-order valence-electron chi connectivity index (χ3n) is 4.27. The lowest BCUT2D eigenvalue weighted by Gasteiger charge is -2.16. The number of hydrogen-bond acceptors (Lipinski definition) is 4. The first-order chi connectivity index (χ1) is 12.9. The van der Waals surface area contributed by atoms with Crippen LogP contribution in [-0.2, 0) is 16.0 Å². The lowest BCUT2D eigenvalue weighted by Crippen LogP contribution is -2.08. The van der Waals surface area contributed by atoms with Crippen LogP contribution in [-0.4, -0.2) is 28.6 Å². The molecule has 3 rings (SSSR count). The molecule has 0 spiro atoms. The number of nitrogens with zero attached hydrogens (tertiary/aromatic N) is 1. The summed E-state index contributed by atoms with van der Waals surface area (Å²) in [4.78, 5) is 27.8. The highest BCUT2D eigenvalue weighted by molar-refractivity contribution is 6.30. The van der Waals surface area contributed by atoms with Crippen molar-refractivity contribution in [2.45, 2.75) is 20.3 Å². The SMILES string of the molecule is CCOC(=O)c1ccc2c(-c3ccc(Cl)cc3)c(CC(=O)O)c(C)cc2n1. The van der Waals surface area contributed by atoms with Gasteiger partial charge in [0.2, 0.25) is 0 Å². The molecule has 0 fully saturated rings. The highest BCUT2D eigenvalue weighted by Crippen LogP contribution is 2.35. The van der Waals surface area contributed by atoms with E-state index in [0.29, 0.717) is 16.1 Å². The van der Waals surface area contributed by atoms with E-state index in [-0.39, 0.29) is 18.7 Å². The van der Waals surface area contributed by atoms with Gasteiger partial charge in [-0.2, -0.15) is 0 Å². The summed E-state index contributed by atoms with van der Waals surface area (Å²) < 4.78 is 5.02. The molecular formula is C21H18ClNO4. The number of pyridine rings is 1. The Morgan fingerprint density at radius 1 is 1.15 bits per heavy atom. The number of carboxylic acids is 1. The number of halogens is 1. The van der Waals surface area contributed by atoms with Gasteiger partial charge in [-0.15, -0.1) is 0 Å². The zero-order valence-corrected chi connectivity index (χ0v) is 15.7. The molecule has 27 heavy (non-hydrogen) atoms. The van der Waals surface area contributed by atoms with Gasteiger partial charge in [0, 0.05) is 10.4 Å². The number of carbonyl (C=O) groups is 2. The second kappa shape index (κ2) is 7.76. The van der Waals surface area contributed by atoms with Gasteiger partial charge >= 0.3 is 11.9 Å². The third-order valence-corrected chi connectivity index (χ3v) is 4.52. The van der Waals surface area contributed by atoms with Crippen molar-refractivity contribution in [2.75, 3.05) is 6.61 Å². The molecule has 0 unspecified atom stereocenters. The van der Waals surface area contributed by atoms with Gasteiger partial charge in [0.1, 0.15) is 5.69 Å². The molecule has 0 saturated carbocycles. The van der Waals surface area contributed by atoms with E-state index >= 15 is 0 Å². The lowest BCUT2D eigenvalue weighted by atomic mass is 9.90. The van der Waals surface area contributed by atoms with Crippen molar-refractivity contribution in [2.24, 2.45) is 0 Å². The Kier molecular flexibility index (Phi) is 5.42. The van der Waals surface area contributed by atoms with Crippen LogP contribution in [0.25, 0.3) is 22.0 Å². The van der Waals surface area contributed by atoms with Crippen LogP contribution >= 0.6 is 11.6 Å². The van der Waals surface area contributed by atoms with E-state index in [1.54, 1.807) is 37.3 Å². The van der Waals surface area contributed by atoms with Crippen molar-refractivity contribution in [1.29, 1.82) is 0 Å². The smallest absolute Gasteiger partial charge is 0.356 e. The largest absolute Gasteiger partial charge is 0.481 e. The van der Waals surface area contributed by atoms with Crippen LogP contribution in [0, 0.1) is 6.92 Å². The van der Waals surface area contributed by atoms with Crippen molar-refractivity contribution in [3.63, 3.8) is 0 Å². The van der Waals surface area contributed by atoms with E-state index in [2.05, 4.69) is 4.98 Å². The second-order valence-corrected chi connectivity index (χ2v) is 6.54. The Hall–Kier alpha value is -2.92. The molecule has 0 aliphatic carbocycles. The van der Waals surface area contributed by atoms with Crippen LogP contribution in [0.4, 0.5) is 0 Å². The molecule has 1 aromatic heterocycles. The minimum Gasteiger partial charge on any atom is -0.481 e. The highest BCUT2D eigenvalue weighted by atomic mass is 35.5. The highest BCUT2D eigenvalue weighted by Gasteiger charge is 2.18. The summed E-state index contributed by atoms with van der Waals surface area (Å²) in [5, 5.41) is 10.7. The Bertz CT molecular complexity index is 1030. The van der Waals surface area contributed by atoms with Gasteiger partial charge in [-0.25, -0.2) is 9.78 Å². The number of rotatable bonds is 5. The molecule has 6 heteroatoms. The van der Waals surface area contributed by atoms with Crippen LogP contribution in [0.15, 0.2) is 42.5 Å². The first-order valence-corrected chi connectivity index (χ1v) is 8.86. The summed E-state index contributed by atoms with van der Waals surface area (Å²) in [6, 6.07) is 12.4. The van der Waals surface area contributed by atoms with Gasteiger partial charge in [-0.05, 0) is 66.4 Å². The normalized spacial score (nSPS) is 10.8. The number of aromatic nitrogens is 1. The predicted molar refractivity (Wildman–Crippen MR) is 104 cm³/mol. The second-order valence-electron chi connectivity index (χ2n) is 6.11. The zero-order chi connectivity index (χ0) is 19.6. The topological polar surface area (TPSA) is 76.5 Å². The quantitative estimate of drug-likeness (QED) is 0.648. The van der Waals surface area contributed by atoms with Crippen LogP contribution < -0.4 is 0 Å².